The van der Waals surface area contributed by atoms with E-state index in [4.69, 9.17) is 4.74 Å². The molecule has 0 aromatic heterocycles. The van der Waals surface area contributed by atoms with Gasteiger partial charge in [-0.05, 0) is 30.9 Å². The fraction of sp³-hybridized carbons (Fsp3) is 0.571. The van der Waals surface area contributed by atoms with Crippen molar-refractivity contribution < 1.29 is 4.74 Å². The summed E-state index contributed by atoms with van der Waals surface area (Å²) in [5.41, 5.74) is 2.78. The summed E-state index contributed by atoms with van der Waals surface area (Å²) in [6.07, 6.45) is 4.91. The molecule has 0 radical (unpaired) electrons. The largest absolute Gasteiger partial charge is 0.357 e. The predicted molar refractivity (Wildman–Crippen MR) is 78.5 cm³/mol. The highest BCUT2D eigenvalue weighted by Gasteiger charge is 2.60. The van der Waals surface area contributed by atoms with Crippen LogP contribution in [-0.4, -0.2) is 12.8 Å². The van der Waals surface area contributed by atoms with Crippen LogP contribution >= 0.6 is 22.9 Å². The average Bonchev–Trinajstić information content (AvgIpc) is 2.58. The SMILES string of the molecule is COC12CCCCC1(C)c1ccccc1N2I. The molecule has 1 aliphatic carbocycles. The lowest BCUT2D eigenvalue weighted by molar-refractivity contribution is -0.0732. The van der Waals surface area contributed by atoms with E-state index in [1.54, 1.807) is 0 Å². The molecular formula is C14H18INO. The molecule has 3 rings (SSSR count). The maximum Gasteiger partial charge on any atom is 0.158 e. The molecule has 0 amide bonds. The first-order valence-corrected chi connectivity index (χ1v) is 7.23. The van der Waals surface area contributed by atoms with Gasteiger partial charge in [0.15, 0.2) is 5.72 Å². The number of para-hydroxylation sites is 1. The van der Waals surface area contributed by atoms with Gasteiger partial charge in [-0.15, -0.1) is 0 Å². The number of rotatable bonds is 1. The van der Waals surface area contributed by atoms with Gasteiger partial charge in [0.25, 0.3) is 0 Å². The van der Waals surface area contributed by atoms with Crippen molar-refractivity contribution in [3.8, 4) is 0 Å². The first-order chi connectivity index (χ1) is 8.16. The molecule has 1 aromatic carbocycles. The Kier molecular flexibility index (Phi) is 2.67. The van der Waals surface area contributed by atoms with E-state index in [0.29, 0.717) is 0 Å². The number of fused-ring (bicyclic) bond motifs is 3. The number of methoxy groups -OCH3 is 1. The third-order valence-electron chi connectivity index (χ3n) is 4.67. The first-order valence-electron chi connectivity index (χ1n) is 6.26. The van der Waals surface area contributed by atoms with Crippen LogP contribution in [0.5, 0.6) is 0 Å². The molecule has 1 saturated carbocycles. The van der Waals surface area contributed by atoms with Crippen molar-refractivity contribution in [2.45, 2.75) is 43.7 Å². The number of hydrogen-bond donors (Lipinski definition) is 0. The highest BCUT2D eigenvalue weighted by Crippen LogP contribution is 2.59. The molecule has 0 bridgehead atoms. The van der Waals surface area contributed by atoms with E-state index in [-0.39, 0.29) is 11.1 Å². The van der Waals surface area contributed by atoms with E-state index in [1.807, 2.05) is 7.11 Å². The maximum atomic E-state index is 6.02. The van der Waals surface area contributed by atoms with E-state index in [1.165, 1.54) is 30.5 Å². The van der Waals surface area contributed by atoms with Crippen molar-refractivity contribution in [2.75, 3.05) is 10.2 Å². The summed E-state index contributed by atoms with van der Waals surface area (Å²) in [6, 6.07) is 8.75. The molecule has 0 N–H and O–H groups in total. The van der Waals surface area contributed by atoms with Crippen molar-refractivity contribution in [3.63, 3.8) is 0 Å². The molecule has 1 fully saturated rings. The summed E-state index contributed by atoms with van der Waals surface area (Å²) < 4.78 is 8.35. The Bertz CT molecular complexity index is 450. The number of anilines is 1. The molecule has 2 aliphatic rings. The van der Waals surface area contributed by atoms with E-state index in [0.717, 1.165) is 6.42 Å². The van der Waals surface area contributed by atoms with Crippen LogP contribution in [0.1, 0.15) is 38.2 Å². The molecule has 2 unspecified atom stereocenters. The lowest BCUT2D eigenvalue weighted by Gasteiger charge is -2.48. The van der Waals surface area contributed by atoms with Gasteiger partial charge in [0.1, 0.15) is 0 Å². The lowest BCUT2D eigenvalue weighted by atomic mass is 9.67. The van der Waals surface area contributed by atoms with Crippen LogP contribution in [0.25, 0.3) is 0 Å². The second kappa shape index (κ2) is 3.85. The van der Waals surface area contributed by atoms with Gasteiger partial charge in [-0.3, -0.25) is 3.11 Å². The Morgan fingerprint density at radius 1 is 1.24 bits per heavy atom. The van der Waals surface area contributed by atoms with E-state index in [2.05, 4.69) is 57.2 Å². The topological polar surface area (TPSA) is 12.5 Å². The molecule has 2 nitrogen and oxygen atoms in total. The van der Waals surface area contributed by atoms with Crippen molar-refractivity contribution in [1.29, 1.82) is 0 Å². The minimum Gasteiger partial charge on any atom is -0.357 e. The Balaban J connectivity index is 2.23. The molecule has 3 heteroatoms. The van der Waals surface area contributed by atoms with Gasteiger partial charge in [0.2, 0.25) is 0 Å². The molecule has 0 saturated heterocycles. The molecule has 92 valence electrons. The van der Waals surface area contributed by atoms with Crippen LogP contribution in [0.15, 0.2) is 24.3 Å². The monoisotopic (exact) mass is 343 g/mol. The highest BCUT2D eigenvalue weighted by atomic mass is 127. The Morgan fingerprint density at radius 2 is 1.94 bits per heavy atom. The smallest absolute Gasteiger partial charge is 0.158 e. The van der Waals surface area contributed by atoms with Gasteiger partial charge in [-0.25, -0.2) is 0 Å². The van der Waals surface area contributed by atoms with Gasteiger partial charge in [0.05, 0.1) is 28.6 Å². The summed E-state index contributed by atoms with van der Waals surface area (Å²) in [4.78, 5) is 0. The molecular weight excluding hydrogens is 325 g/mol. The summed E-state index contributed by atoms with van der Waals surface area (Å²) in [6.45, 7) is 2.37. The second-order valence-corrected chi connectivity index (χ2v) is 6.29. The van der Waals surface area contributed by atoms with Crippen LogP contribution in [0.2, 0.25) is 0 Å². The Morgan fingerprint density at radius 3 is 2.71 bits per heavy atom. The van der Waals surface area contributed by atoms with Crippen molar-refractivity contribution >= 4 is 28.6 Å². The fourth-order valence-corrected chi connectivity index (χ4v) is 5.08. The molecule has 1 heterocycles. The van der Waals surface area contributed by atoms with Gasteiger partial charge in [-0.1, -0.05) is 31.5 Å². The van der Waals surface area contributed by atoms with E-state index < -0.39 is 0 Å². The molecule has 0 spiro atoms. The van der Waals surface area contributed by atoms with Crippen LogP contribution in [-0.2, 0) is 10.2 Å². The Labute approximate surface area is 117 Å². The lowest BCUT2D eigenvalue weighted by Crippen LogP contribution is -2.56. The number of nitrogens with zero attached hydrogens (tertiary/aromatic N) is 1. The van der Waals surface area contributed by atoms with E-state index >= 15 is 0 Å². The van der Waals surface area contributed by atoms with Gasteiger partial charge < -0.3 is 4.74 Å². The van der Waals surface area contributed by atoms with Crippen molar-refractivity contribution in [3.05, 3.63) is 29.8 Å². The first kappa shape index (κ1) is 11.8. The number of hydrogen-bond acceptors (Lipinski definition) is 2. The van der Waals surface area contributed by atoms with Crippen LogP contribution in [0.3, 0.4) is 0 Å². The molecule has 17 heavy (non-hydrogen) atoms. The van der Waals surface area contributed by atoms with Crippen LogP contribution < -0.4 is 3.11 Å². The summed E-state index contributed by atoms with van der Waals surface area (Å²) in [5, 5.41) is 0. The van der Waals surface area contributed by atoms with Gasteiger partial charge in [0, 0.05) is 12.5 Å². The zero-order valence-electron chi connectivity index (χ0n) is 10.4. The zero-order valence-corrected chi connectivity index (χ0v) is 12.5. The standard InChI is InChI=1S/C14H18INO/c1-13-9-5-6-10-14(13,17-2)16(15)12-8-4-3-7-11(12)13/h3-4,7-8H,5-6,9-10H2,1-2H3. The minimum absolute atomic E-state index is 0.137. The summed E-state index contributed by atoms with van der Waals surface area (Å²) >= 11 is 2.43. The zero-order chi connectivity index (χ0) is 12.1. The number of ether oxygens (including phenoxy) is 1. The fourth-order valence-electron chi connectivity index (χ4n) is 3.69. The predicted octanol–water partition coefficient (Wildman–Crippen LogP) is 4.03. The van der Waals surface area contributed by atoms with E-state index in [9.17, 15) is 0 Å². The Hall–Kier alpha value is -0.290. The number of benzene rings is 1. The van der Waals surface area contributed by atoms with Crippen molar-refractivity contribution in [2.24, 2.45) is 0 Å². The van der Waals surface area contributed by atoms with Crippen molar-refractivity contribution in [1.82, 2.24) is 0 Å². The highest BCUT2D eigenvalue weighted by molar-refractivity contribution is 14.1. The quantitative estimate of drug-likeness (QED) is 0.564. The normalized spacial score (nSPS) is 35.6. The average molecular weight is 343 g/mol. The maximum absolute atomic E-state index is 6.02. The summed E-state index contributed by atoms with van der Waals surface area (Å²) in [5.74, 6) is 0. The van der Waals surface area contributed by atoms with Gasteiger partial charge in [-0.2, -0.15) is 0 Å². The molecule has 2 atom stereocenters. The minimum atomic E-state index is -0.143. The van der Waals surface area contributed by atoms with Crippen LogP contribution in [0.4, 0.5) is 5.69 Å². The van der Waals surface area contributed by atoms with Crippen LogP contribution in [0, 0.1) is 0 Å². The third kappa shape index (κ3) is 1.30. The van der Waals surface area contributed by atoms with Gasteiger partial charge >= 0.3 is 0 Å². The number of halogens is 1. The molecule has 1 aromatic rings. The summed E-state index contributed by atoms with van der Waals surface area (Å²) in [7, 11) is 1.86. The second-order valence-electron chi connectivity index (χ2n) is 5.33. The third-order valence-corrected chi connectivity index (χ3v) is 5.97. The molecule has 1 aliphatic heterocycles.